The summed E-state index contributed by atoms with van der Waals surface area (Å²) in [5, 5.41) is 0.637. The number of hydrogen-bond donors (Lipinski definition) is 0. The summed E-state index contributed by atoms with van der Waals surface area (Å²) in [7, 11) is 0. The SMILES string of the molecule is O=CC[C@H](Cc1c(Cl)cc(OCc2ccccc2)cc1Cl)C(=O)N1C(=O)OC[C@@H]1Cc1ccccc1. The van der Waals surface area contributed by atoms with Gasteiger partial charge in [-0.05, 0) is 41.7 Å². The molecule has 0 spiro atoms. The van der Waals surface area contributed by atoms with Crippen LogP contribution in [0.15, 0.2) is 72.8 Å². The van der Waals surface area contributed by atoms with E-state index in [0.717, 1.165) is 16.0 Å². The summed E-state index contributed by atoms with van der Waals surface area (Å²) in [5.41, 5.74) is 2.48. The van der Waals surface area contributed by atoms with Gasteiger partial charge in [0, 0.05) is 22.4 Å². The molecule has 1 saturated heterocycles. The number of aldehydes is 1. The van der Waals surface area contributed by atoms with Crippen LogP contribution >= 0.6 is 23.2 Å². The van der Waals surface area contributed by atoms with E-state index in [-0.39, 0.29) is 19.4 Å². The van der Waals surface area contributed by atoms with E-state index in [1.165, 1.54) is 0 Å². The van der Waals surface area contributed by atoms with Crippen molar-refractivity contribution in [2.75, 3.05) is 6.61 Å². The molecule has 3 aromatic rings. The van der Waals surface area contributed by atoms with E-state index in [1.54, 1.807) is 12.1 Å². The lowest BCUT2D eigenvalue weighted by Crippen LogP contribution is -2.44. The van der Waals surface area contributed by atoms with Crippen LogP contribution in [-0.2, 0) is 33.8 Å². The number of ether oxygens (including phenoxy) is 2. The van der Waals surface area contributed by atoms with E-state index in [1.807, 2.05) is 60.7 Å². The monoisotopic (exact) mass is 525 g/mol. The van der Waals surface area contributed by atoms with Crippen molar-refractivity contribution >= 4 is 41.5 Å². The summed E-state index contributed by atoms with van der Waals surface area (Å²) in [6, 6.07) is 22.0. The Balaban J connectivity index is 1.49. The first-order valence-electron chi connectivity index (χ1n) is 11.6. The second-order valence-electron chi connectivity index (χ2n) is 8.57. The topological polar surface area (TPSA) is 72.9 Å². The minimum atomic E-state index is -0.822. The van der Waals surface area contributed by atoms with Crippen molar-refractivity contribution < 1.29 is 23.9 Å². The highest BCUT2D eigenvalue weighted by Crippen LogP contribution is 2.34. The molecule has 186 valence electrons. The fraction of sp³-hybridized carbons (Fsp3) is 0.250. The van der Waals surface area contributed by atoms with Gasteiger partial charge in [-0.2, -0.15) is 0 Å². The Morgan fingerprint density at radius 2 is 1.64 bits per heavy atom. The molecule has 1 aliphatic rings. The molecule has 36 heavy (non-hydrogen) atoms. The Labute approximate surface area is 219 Å². The molecule has 0 aliphatic carbocycles. The number of amides is 2. The molecule has 3 aromatic carbocycles. The van der Waals surface area contributed by atoms with Crippen LogP contribution in [0.2, 0.25) is 10.0 Å². The molecule has 6 nitrogen and oxygen atoms in total. The van der Waals surface area contributed by atoms with E-state index in [2.05, 4.69) is 0 Å². The third-order valence-corrected chi connectivity index (χ3v) is 6.73. The molecule has 0 aromatic heterocycles. The van der Waals surface area contributed by atoms with Crippen LogP contribution in [0, 0.1) is 5.92 Å². The van der Waals surface area contributed by atoms with Crippen LogP contribution in [0.25, 0.3) is 0 Å². The Kier molecular flexibility index (Phi) is 8.62. The number of nitrogens with zero attached hydrogens (tertiary/aromatic N) is 1. The zero-order chi connectivity index (χ0) is 25.5. The maximum atomic E-state index is 13.5. The van der Waals surface area contributed by atoms with Crippen molar-refractivity contribution in [3.63, 3.8) is 0 Å². The predicted octanol–water partition coefficient (Wildman–Crippen LogP) is 5.91. The van der Waals surface area contributed by atoms with Crippen molar-refractivity contribution in [2.45, 2.75) is 31.9 Å². The molecule has 1 aliphatic heterocycles. The second kappa shape index (κ2) is 12.1. The van der Waals surface area contributed by atoms with E-state index < -0.39 is 24.0 Å². The van der Waals surface area contributed by atoms with Gasteiger partial charge >= 0.3 is 6.09 Å². The normalized spacial score (nSPS) is 15.9. The fourth-order valence-electron chi connectivity index (χ4n) is 4.20. The van der Waals surface area contributed by atoms with Crippen molar-refractivity contribution in [3.05, 3.63) is 99.5 Å². The molecular formula is C28H25Cl2NO5. The Hall–Kier alpha value is -3.35. The smallest absolute Gasteiger partial charge is 0.416 e. The van der Waals surface area contributed by atoms with Crippen LogP contribution in [0.4, 0.5) is 4.79 Å². The summed E-state index contributed by atoms with van der Waals surface area (Å²) >= 11 is 13.0. The molecule has 0 unspecified atom stereocenters. The van der Waals surface area contributed by atoms with Crippen molar-refractivity contribution in [3.8, 4) is 5.75 Å². The molecule has 0 N–H and O–H groups in total. The molecule has 4 rings (SSSR count). The molecule has 2 amide bonds. The molecule has 0 radical (unpaired) electrons. The molecule has 0 saturated carbocycles. The quantitative estimate of drug-likeness (QED) is 0.307. The van der Waals surface area contributed by atoms with Gasteiger partial charge in [0.1, 0.15) is 25.2 Å². The average molecular weight is 526 g/mol. The molecule has 1 fully saturated rings. The number of benzene rings is 3. The number of cyclic esters (lactones) is 1. The van der Waals surface area contributed by atoms with Gasteiger partial charge in [0.05, 0.1) is 6.04 Å². The Morgan fingerprint density at radius 1 is 1.03 bits per heavy atom. The predicted molar refractivity (Wildman–Crippen MR) is 137 cm³/mol. The van der Waals surface area contributed by atoms with Crippen molar-refractivity contribution in [1.82, 2.24) is 4.90 Å². The van der Waals surface area contributed by atoms with Gasteiger partial charge in [0.15, 0.2) is 0 Å². The fourth-order valence-corrected chi connectivity index (χ4v) is 4.82. The standard InChI is InChI=1S/C28H25Cl2NO5/c29-25-15-23(35-17-20-9-5-2-6-10-20)16-26(30)24(25)14-21(11-12-32)27(33)31-22(18-36-28(31)34)13-19-7-3-1-4-8-19/h1-10,12,15-16,21-22H,11,13-14,17-18H2/t21-,22+/m1/s1. The van der Waals surface area contributed by atoms with Crippen LogP contribution in [0.3, 0.4) is 0 Å². The zero-order valence-electron chi connectivity index (χ0n) is 19.4. The average Bonchev–Trinajstić information content (AvgIpc) is 3.24. The lowest BCUT2D eigenvalue weighted by Gasteiger charge is -2.25. The first-order chi connectivity index (χ1) is 17.5. The van der Waals surface area contributed by atoms with Crippen LogP contribution in [0.1, 0.15) is 23.1 Å². The number of carbonyl (C=O) groups is 3. The molecule has 8 heteroatoms. The Morgan fingerprint density at radius 3 is 2.25 bits per heavy atom. The lowest BCUT2D eigenvalue weighted by molar-refractivity contribution is -0.134. The number of imide groups is 1. The first-order valence-corrected chi connectivity index (χ1v) is 12.3. The highest BCUT2D eigenvalue weighted by atomic mass is 35.5. The third-order valence-electron chi connectivity index (χ3n) is 6.06. The number of hydrogen-bond acceptors (Lipinski definition) is 5. The van der Waals surface area contributed by atoms with Gasteiger partial charge < -0.3 is 14.3 Å². The molecule has 1 heterocycles. The lowest BCUT2D eigenvalue weighted by atomic mass is 9.94. The number of halogens is 2. The Bertz CT molecular complexity index is 1200. The van der Waals surface area contributed by atoms with E-state index in [9.17, 15) is 14.4 Å². The van der Waals surface area contributed by atoms with Crippen LogP contribution in [-0.4, -0.2) is 35.8 Å². The summed E-state index contributed by atoms with van der Waals surface area (Å²) in [5.74, 6) is -0.818. The zero-order valence-corrected chi connectivity index (χ0v) is 21.0. The van der Waals surface area contributed by atoms with Crippen LogP contribution in [0.5, 0.6) is 5.75 Å². The summed E-state index contributed by atoms with van der Waals surface area (Å²) in [6.07, 6.45) is 0.421. The summed E-state index contributed by atoms with van der Waals surface area (Å²) in [4.78, 5) is 38.5. The van der Waals surface area contributed by atoms with Gasteiger partial charge in [0.25, 0.3) is 0 Å². The maximum Gasteiger partial charge on any atom is 0.416 e. The van der Waals surface area contributed by atoms with Crippen molar-refractivity contribution in [2.24, 2.45) is 5.92 Å². The second-order valence-corrected chi connectivity index (χ2v) is 9.39. The van der Waals surface area contributed by atoms with Crippen LogP contribution < -0.4 is 4.74 Å². The van der Waals surface area contributed by atoms with Gasteiger partial charge in [-0.15, -0.1) is 0 Å². The maximum absolute atomic E-state index is 13.5. The van der Waals surface area contributed by atoms with E-state index in [4.69, 9.17) is 32.7 Å². The number of carbonyl (C=O) groups excluding carboxylic acids is 3. The van der Waals surface area contributed by atoms with Gasteiger partial charge in [-0.25, -0.2) is 9.69 Å². The van der Waals surface area contributed by atoms with Crippen molar-refractivity contribution in [1.29, 1.82) is 0 Å². The first kappa shape index (κ1) is 25.7. The van der Waals surface area contributed by atoms with Gasteiger partial charge in [-0.3, -0.25) is 4.79 Å². The number of rotatable bonds is 10. The summed E-state index contributed by atoms with van der Waals surface area (Å²) < 4.78 is 11.0. The largest absolute Gasteiger partial charge is 0.489 e. The van der Waals surface area contributed by atoms with E-state index >= 15 is 0 Å². The molecule has 0 bridgehead atoms. The molecule has 2 atom stereocenters. The minimum absolute atomic E-state index is 0.0837. The molecular weight excluding hydrogens is 501 g/mol. The highest BCUT2D eigenvalue weighted by molar-refractivity contribution is 6.36. The van der Waals surface area contributed by atoms with Gasteiger partial charge in [0.2, 0.25) is 5.91 Å². The van der Waals surface area contributed by atoms with Gasteiger partial charge in [-0.1, -0.05) is 83.9 Å². The third kappa shape index (κ3) is 6.25. The highest BCUT2D eigenvalue weighted by Gasteiger charge is 2.41. The minimum Gasteiger partial charge on any atom is -0.489 e. The summed E-state index contributed by atoms with van der Waals surface area (Å²) in [6.45, 7) is 0.446. The van der Waals surface area contributed by atoms with E-state index in [0.29, 0.717) is 40.7 Å².